The van der Waals surface area contributed by atoms with E-state index in [4.69, 9.17) is 0 Å². The quantitative estimate of drug-likeness (QED) is 0.670. The van der Waals surface area contributed by atoms with Gasteiger partial charge >= 0.3 is 0 Å². The van der Waals surface area contributed by atoms with Crippen molar-refractivity contribution in [2.45, 2.75) is 6.92 Å². The molecule has 2 heterocycles. The molecule has 0 radical (unpaired) electrons. The Balaban J connectivity index is 1.53. The Kier molecular flexibility index (Phi) is 4.98. The summed E-state index contributed by atoms with van der Waals surface area (Å²) >= 11 is 0. The Labute approximate surface area is 144 Å². The number of carbonyl (C=O) groups excluding carboxylic acids is 1. The normalized spacial score (nSPS) is 10.5. The molecule has 8 heteroatoms. The summed E-state index contributed by atoms with van der Waals surface area (Å²) < 4.78 is 15.0. The Hall–Kier alpha value is -3.29. The summed E-state index contributed by atoms with van der Waals surface area (Å²) in [7, 11) is 0. The first kappa shape index (κ1) is 16.6. The molecule has 0 bridgehead atoms. The Morgan fingerprint density at radius 1 is 1.20 bits per heavy atom. The second kappa shape index (κ2) is 7.52. The van der Waals surface area contributed by atoms with Gasteiger partial charge in [0.2, 0.25) is 0 Å². The molecule has 2 aromatic heterocycles. The standard InChI is InChI=1S/C17H17FN6O/c1-12-19-7-8-24(12)16-10-15(22-11-23-16)20-5-6-21-17(25)13-3-2-4-14(18)9-13/h2-4,7-11H,5-6H2,1H3,(H,21,25)(H,20,22,23). The highest BCUT2D eigenvalue weighted by molar-refractivity contribution is 5.94. The third-order valence-electron chi connectivity index (χ3n) is 3.53. The van der Waals surface area contributed by atoms with Crippen molar-refractivity contribution in [3.05, 3.63) is 66.3 Å². The van der Waals surface area contributed by atoms with Crippen molar-refractivity contribution in [1.29, 1.82) is 0 Å². The van der Waals surface area contributed by atoms with Gasteiger partial charge in [-0.25, -0.2) is 19.3 Å². The predicted octanol–water partition coefficient (Wildman–Crippen LogP) is 1.95. The van der Waals surface area contributed by atoms with Gasteiger partial charge in [-0.3, -0.25) is 9.36 Å². The number of amides is 1. The van der Waals surface area contributed by atoms with Gasteiger partial charge in [0, 0.05) is 37.1 Å². The molecule has 0 saturated heterocycles. The van der Waals surface area contributed by atoms with Crippen molar-refractivity contribution in [2.75, 3.05) is 18.4 Å². The maximum atomic E-state index is 13.1. The number of rotatable bonds is 6. The number of hydrogen-bond donors (Lipinski definition) is 2. The van der Waals surface area contributed by atoms with Crippen LogP contribution in [0.3, 0.4) is 0 Å². The number of aryl methyl sites for hydroxylation is 1. The zero-order valence-corrected chi connectivity index (χ0v) is 13.6. The second-order valence-electron chi connectivity index (χ2n) is 5.30. The number of nitrogens with one attached hydrogen (secondary N) is 2. The van der Waals surface area contributed by atoms with Gasteiger partial charge in [0.1, 0.15) is 29.6 Å². The van der Waals surface area contributed by atoms with E-state index in [2.05, 4.69) is 25.6 Å². The smallest absolute Gasteiger partial charge is 0.251 e. The monoisotopic (exact) mass is 340 g/mol. The minimum absolute atomic E-state index is 0.292. The van der Waals surface area contributed by atoms with Crippen molar-refractivity contribution in [2.24, 2.45) is 0 Å². The third-order valence-corrected chi connectivity index (χ3v) is 3.53. The lowest BCUT2D eigenvalue weighted by molar-refractivity contribution is 0.0954. The highest BCUT2D eigenvalue weighted by Gasteiger charge is 2.06. The highest BCUT2D eigenvalue weighted by Crippen LogP contribution is 2.10. The number of nitrogens with zero attached hydrogens (tertiary/aromatic N) is 4. The molecule has 25 heavy (non-hydrogen) atoms. The van der Waals surface area contributed by atoms with Crippen LogP contribution in [-0.2, 0) is 0 Å². The molecule has 1 amide bonds. The van der Waals surface area contributed by atoms with Gasteiger partial charge < -0.3 is 10.6 Å². The fourth-order valence-corrected chi connectivity index (χ4v) is 2.29. The van der Waals surface area contributed by atoms with E-state index >= 15 is 0 Å². The average Bonchev–Trinajstić information content (AvgIpc) is 3.05. The Morgan fingerprint density at radius 3 is 2.84 bits per heavy atom. The summed E-state index contributed by atoms with van der Waals surface area (Å²) in [6.07, 6.45) is 4.98. The lowest BCUT2D eigenvalue weighted by atomic mass is 10.2. The molecular formula is C17H17FN6O. The SMILES string of the molecule is Cc1nccn1-c1cc(NCCNC(=O)c2cccc(F)c2)ncn1. The number of halogens is 1. The number of anilines is 1. The van der Waals surface area contributed by atoms with E-state index in [9.17, 15) is 9.18 Å². The number of benzene rings is 1. The van der Waals surface area contributed by atoms with Gasteiger partial charge in [-0.1, -0.05) is 6.07 Å². The van der Waals surface area contributed by atoms with Crippen LogP contribution in [0.2, 0.25) is 0 Å². The van der Waals surface area contributed by atoms with Gasteiger partial charge in [0.15, 0.2) is 0 Å². The number of aromatic nitrogens is 4. The molecule has 0 fully saturated rings. The van der Waals surface area contributed by atoms with E-state index in [1.54, 1.807) is 18.3 Å². The van der Waals surface area contributed by atoms with Gasteiger partial charge in [-0.05, 0) is 25.1 Å². The lowest BCUT2D eigenvalue weighted by Crippen LogP contribution is -2.29. The summed E-state index contributed by atoms with van der Waals surface area (Å²) in [5.74, 6) is 1.41. The molecule has 0 atom stereocenters. The highest BCUT2D eigenvalue weighted by atomic mass is 19.1. The van der Waals surface area contributed by atoms with Crippen molar-refractivity contribution in [3.63, 3.8) is 0 Å². The van der Waals surface area contributed by atoms with Crippen molar-refractivity contribution in [3.8, 4) is 5.82 Å². The molecule has 0 aliphatic rings. The van der Waals surface area contributed by atoms with Gasteiger partial charge in [0.05, 0.1) is 0 Å². The molecule has 0 unspecified atom stereocenters. The molecule has 1 aromatic carbocycles. The van der Waals surface area contributed by atoms with Crippen LogP contribution in [0.15, 0.2) is 49.1 Å². The fraction of sp³-hybridized carbons (Fsp3) is 0.176. The van der Waals surface area contributed by atoms with E-state index in [1.165, 1.54) is 24.5 Å². The van der Waals surface area contributed by atoms with Crippen LogP contribution >= 0.6 is 0 Å². The molecule has 128 valence electrons. The first-order valence-electron chi connectivity index (χ1n) is 7.73. The van der Waals surface area contributed by atoms with Crippen LogP contribution in [-0.4, -0.2) is 38.5 Å². The molecule has 3 rings (SSSR count). The van der Waals surface area contributed by atoms with Crippen LogP contribution in [0, 0.1) is 12.7 Å². The van der Waals surface area contributed by atoms with Crippen molar-refractivity contribution >= 4 is 11.7 Å². The summed E-state index contributed by atoms with van der Waals surface area (Å²) in [5, 5.41) is 5.83. The predicted molar refractivity (Wildman–Crippen MR) is 91.1 cm³/mol. The summed E-state index contributed by atoms with van der Waals surface area (Å²) in [6, 6.07) is 7.36. The second-order valence-corrected chi connectivity index (χ2v) is 5.30. The molecule has 0 aliphatic carbocycles. The lowest BCUT2D eigenvalue weighted by Gasteiger charge is -2.09. The Bertz CT molecular complexity index is 879. The molecule has 0 saturated carbocycles. The molecule has 2 N–H and O–H groups in total. The molecular weight excluding hydrogens is 323 g/mol. The first-order chi connectivity index (χ1) is 12.1. The minimum Gasteiger partial charge on any atom is -0.368 e. The van der Waals surface area contributed by atoms with Crippen LogP contribution < -0.4 is 10.6 Å². The minimum atomic E-state index is -0.436. The van der Waals surface area contributed by atoms with Crippen LogP contribution in [0.1, 0.15) is 16.2 Å². The maximum absolute atomic E-state index is 13.1. The van der Waals surface area contributed by atoms with Gasteiger partial charge in [-0.2, -0.15) is 0 Å². The van der Waals surface area contributed by atoms with Crippen molar-refractivity contribution in [1.82, 2.24) is 24.8 Å². The van der Waals surface area contributed by atoms with Crippen LogP contribution in [0.4, 0.5) is 10.2 Å². The molecule has 7 nitrogen and oxygen atoms in total. The van der Waals surface area contributed by atoms with E-state index in [1.807, 2.05) is 17.7 Å². The van der Waals surface area contributed by atoms with Crippen molar-refractivity contribution < 1.29 is 9.18 Å². The maximum Gasteiger partial charge on any atom is 0.251 e. The molecule has 0 aliphatic heterocycles. The van der Waals surface area contributed by atoms with E-state index in [0.29, 0.717) is 30.3 Å². The zero-order valence-electron chi connectivity index (χ0n) is 13.6. The topological polar surface area (TPSA) is 84.7 Å². The van der Waals surface area contributed by atoms with Crippen LogP contribution in [0.5, 0.6) is 0 Å². The number of hydrogen-bond acceptors (Lipinski definition) is 5. The average molecular weight is 340 g/mol. The molecule has 3 aromatic rings. The van der Waals surface area contributed by atoms with Gasteiger partial charge in [-0.15, -0.1) is 0 Å². The van der Waals surface area contributed by atoms with E-state index in [-0.39, 0.29) is 5.91 Å². The number of imidazole rings is 1. The summed E-state index contributed by atoms with van der Waals surface area (Å²) in [4.78, 5) is 24.4. The zero-order chi connectivity index (χ0) is 17.6. The Morgan fingerprint density at radius 2 is 2.08 bits per heavy atom. The third kappa shape index (κ3) is 4.17. The first-order valence-corrected chi connectivity index (χ1v) is 7.73. The largest absolute Gasteiger partial charge is 0.368 e. The van der Waals surface area contributed by atoms with E-state index < -0.39 is 5.82 Å². The van der Waals surface area contributed by atoms with E-state index in [0.717, 1.165) is 5.82 Å². The summed E-state index contributed by atoms with van der Waals surface area (Å²) in [5.41, 5.74) is 0.292. The van der Waals surface area contributed by atoms with Crippen LogP contribution in [0.25, 0.3) is 5.82 Å². The summed E-state index contributed by atoms with van der Waals surface area (Å²) in [6.45, 7) is 2.73. The van der Waals surface area contributed by atoms with Gasteiger partial charge in [0.25, 0.3) is 5.91 Å². The molecule has 0 spiro atoms. The fourth-order valence-electron chi connectivity index (χ4n) is 2.29. The number of carbonyl (C=O) groups is 1.